The molecule has 1 atom stereocenters. The first-order valence-corrected chi connectivity index (χ1v) is 8.65. The van der Waals surface area contributed by atoms with Crippen LogP contribution in [0.4, 0.5) is 5.69 Å². The molecule has 1 amide bonds. The minimum atomic E-state index is -0.173. The van der Waals surface area contributed by atoms with Crippen LogP contribution in [-0.4, -0.2) is 21.7 Å². The largest absolute Gasteiger partial charge is 0.399 e. The first-order valence-electron chi connectivity index (χ1n) is 6.95. The van der Waals surface area contributed by atoms with Crippen LogP contribution >= 0.6 is 23.1 Å². The van der Waals surface area contributed by atoms with Crippen LogP contribution in [0.25, 0.3) is 10.2 Å². The maximum absolute atomic E-state index is 12.2. The van der Waals surface area contributed by atoms with E-state index in [0.717, 1.165) is 26.7 Å². The third kappa shape index (κ3) is 4.11. The van der Waals surface area contributed by atoms with Crippen LogP contribution in [0.1, 0.15) is 34.1 Å². The van der Waals surface area contributed by atoms with Crippen LogP contribution in [0.15, 0.2) is 22.5 Å². The average Bonchev–Trinajstić information content (AvgIpc) is 2.79. The van der Waals surface area contributed by atoms with Gasteiger partial charge >= 0.3 is 0 Å². The lowest BCUT2D eigenvalue weighted by atomic mass is 10.0. The van der Waals surface area contributed by atoms with Crippen LogP contribution < -0.4 is 11.1 Å². The summed E-state index contributed by atoms with van der Waals surface area (Å²) in [5.41, 5.74) is 7.27. The summed E-state index contributed by atoms with van der Waals surface area (Å²) in [6.45, 7) is 8.04. The van der Waals surface area contributed by atoms with E-state index >= 15 is 0 Å². The second-order valence-electron chi connectivity index (χ2n) is 5.69. The number of hydrogen-bond acceptors (Lipinski definition) is 5. The number of hydrogen-bond donors (Lipinski definition) is 2. The molecule has 2 rings (SSSR count). The van der Waals surface area contributed by atoms with Gasteiger partial charge in [-0.3, -0.25) is 4.79 Å². The monoisotopic (exact) mass is 323 g/mol. The summed E-state index contributed by atoms with van der Waals surface area (Å²) in [6.07, 6.45) is 0.899. The summed E-state index contributed by atoms with van der Waals surface area (Å²) < 4.78 is 1.95. The van der Waals surface area contributed by atoms with Crippen LogP contribution in [0.2, 0.25) is 0 Å². The smallest absolute Gasteiger partial charge is 0.233 e. The van der Waals surface area contributed by atoms with Gasteiger partial charge in [0.2, 0.25) is 5.91 Å². The van der Waals surface area contributed by atoms with Gasteiger partial charge in [-0.05, 0) is 45.4 Å². The number of amides is 1. The first-order chi connectivity index (χ1) is 9.80. The molecular formula is C15H21N3OS2. The van der Waals surface area contributed by atoms with Crippen molar-refractivity contribution in [1.82, 2.24) is 10.3 Å². The van der Waals surface area contributed by atoms with Gasteiger partial charge in [0, 0.05) is 11.2 Å². The Kier molecular flexibility index (Phi) is 4.78. The zero-order valence-corrected chi connectivity index (χ0v) is 14.4. The third-order valence-electron chi connectivity index (χ3n) is 3.39. The number of benzene rings is 1. The zero-order valence-electron chi connectivity index (χ0n) is 12.8. The molecule has 0 aliphatic carbocycles. The Morgan fingerprint density at radius 1 is 1.52 bits per heavy atom. The Morgan fingerprint density at radius 3 is 2.90 bits per heavy atom. The van der Waals surface area contributed by atoms with Crippen molar-refractivity contribution in [3.05, 3.63) is 18.2 Å². The van der Waals surface area contributed by atoms with Crippen molar-refractivity contribution in [3.63, 3.8) is 0 Å². The predicted molar refractivity (Wildman–Crippen MR) is 91.9 cm³/mol. The molecule has 114 valence electrons. The minimum absolute atomic E-state index is 0.0469. The van der Waals surface area contributed by atoms with Gasteiger partial charge in [-0.15, -0.1) is 11.3 Å². The van der Waals surface area contributed by atoms with Crippen molar-refractivity contribution in [2.75, 3.05) is 5.73 Å². The third-order valence-corrected chi connectivity index (χ3v) is 5.60. The highest BCUT2D eigenvalue weighted by atomic mass is 32.2. The molecule has 0 aliphatic heterocycles. The second-order valence-corrected chi connectivity index (χ2v) is 8.31. The highest BCUT2D eigenvalue weighted by Gasteiger charge is 2.23. The SMILES string of the molecule is CCC(C)(C)NC(=O)C(C)Sc1nc2ccc(N)cc2s1. The molecule has 0 saturated carbocycles. The number of nitrogens with zero attached hydrogens (tertiary/aromatic N) is 1. The number of anilines is 1. The minimum Gasteiger partial charge on any atom is -0.399 e. The van der Waals surface area contributed by atoms with Gasteiger partial charge in [0.25, 0.3) is 0 Å². The number of thiazole rings is 1. The molecule has 0 radical (unpaired) electrons. The highest BCUT2D eigenvalue weighted by molar-refractivity contribution is 8.02. The van der Waals surface area contributed by atoms with E-state index in [1.807, 2.05) is 39.0 Å². The molecule has 0 saturated heterocycles. The van der Waals surface area contributed by atoms with E-state index in [4.69, 9.17) is 5.73 Å². The summed E-state index contributed by atoms with van der Waals surface area (Å²) in [4.78, 5) is 16.8. The summed E-state index contributed by atoms with van der Waals surface area (Å²) in [6, 6.07) is 5.68. The fourth-order valence-corrected chi connectivity index (χ4v) is 3.96. The Morgan fingerprint density at radius 2 is 2.24 bits per heavy atom. The van der Waals surface area contributed by atoms with E-state index in [1.165, 1.54) is 11.8 Å². The second kappa shape index (κ2) is 6.23. The van der Waals surface area contributed by atoms with E-state index in [-0.39, 0.29) is 16.7 Å². The van der Waals surface area contributed by atoms with E-state index in [0.29, 0.717) is 0 Å². The molecule has 6 heteroatoms. The van der Waals surface area contributed by atoms with Gasteiger partial charge in [0.05, 0.1) is 15.5 Å². The lowest BCUT2D eigenvalue weighted by Crippen LogP contribution is -2.46. The lowest BCUT2D eigenvalue weighted by molar-refractivity contribution is -0.121. The Hall–Kier alpha value is -1.27. The Bertz CT molecular complexity index is 651. The number of rotatable bonds is 5. The van der Waals surface area contributed by atoms with E-state index < -0.39 is 0 Å². The van der Waals surface area contributed by atoms with Crippen LogP contribution in [0.5, 0.6) is 0 Å². The number of carbonyl (C=O) groups is 1. The maximum Gasteiger partial charge on any atom is 0.233 e. The quantitative estimate of drug-likeness (QED) is 0.651. The van der Waals surface area contributed by atoms with Gasteiger partial charge in [-0.25, -0.2) is 4.98 Å². The zero-order chi connectivity index (χ0) is 15.6. The van der Waals surface area contributed by atoms with Crippen LogP contribution in [0.3, 0.4) is 0 Å². The summed E-state index contributed by atoms with van der Waals surface area (Å²) >= 11 is 3.06. The summed E-state index contributed by atoms with van der Waals surface area (Å²) in [7, 11) is 0. The molecule has 1 aromatic heterocycles. The molecule has 1 heterocycles. The maximum atomic E-state index is 12.2. The number of thioether (sulfide) groups is 1. The Balaban J connectivity index is 2.07. The number of aromatic nitrogens is 1. The molecule has 21 heavy (non-hydrogen) atoms. The van der Waals surface area contributed by atoms with Crippen molar-refractivity contribution in [1.29, 1.82) is 0 Å². The van der Waals surface area contributed by atoms with Gasteiger partial charge in [0.1, 0.15) is 0 Å². The molecule has 0 fully saturated rings. The number of nitrogen functional groups attached to an aromatic ring is 1. The molecular weight excluding hydrogens is 302 g/mol. The van der Waals surface area contributed by atoms with Crippen molar-refractivity contribution in [3.8, 4) is 0 Å². The summed E-state index contributed by atoms with van der Waals surface area (Å²) in [5, 5.41) is 2.89. The van der Waals surface area contributed by atoms with Gasteiger partial charge in [0.15, 0.2) is 4.34 Å². The van der Waals surface area contributed by atoms with Crippen molar-refractivity contribution >= 4 is 44.9 Å². The van der Waals surface area contributed by atoms with Crippen molar-refractivity contribution in [2.24, 2.45) is 0 Å². The lowest BCUT2D eigenvalue weighted by Gasteiger charge is -2.26. The predicted octanol–water partition coefficient (Wildman–Crippen LogP) is 3.66. The van der Waals surface area contributed by atoms with Crippen LogP contribution in [0, 0.1) is 0 Å². The molecule has 1 aromatic carbocycles. The molecule has 0 aliphatic rings. The first kappa shape index (κ1) is 16.1. The highest BCUT2D eigenvalue weighted by Crippen LogP contribution is 2.33. The van der Waals surface area contributed by atoms with Crippen LogP contribution in [-0.2, 0) is 4.79 Å². The van der Waals surface area contributed by atoms with E-state index in [1.54, 1.807) is 11.3 Å². The normalized spacial score (nSPS) is 13.3. The van der Waals surface area contributed by atoms with E-state index in [9.17, 15) is 4.79 Å². The molecule has 4 nitrogen and oxygen atoms in total. The summed E-state index contributed by atoms with van der Waals surface area (Å²) in [5.74, 6) is 0.0469. The number of carbonyl (C=O) groups excluding carboxylic acids is 1. The standard InChI is InChI=1S/C15H21N3OS2/c1-5-15(3,4)18-13(19)9(2)20-14-17-11-7-6-10(16)8-12(11)21-14/h6-9H,5,16H2,1-4H3,(H,18,19). The van der Waals surface area contributed by atoms with Gasteiger partial charge in [-0.1, -0.05) is 18.7 Å². The average molecular weight is 323 g/mol. The Labute approximate surface area is 133 Å². The molecule has 3 N–H and O–H groups in total. The molecule has 2 aromatic rings. The van der Waals surface area contributed by atoms with Gasteiger partial charge < -0.3 is 11.1 Å². The molecule has 0 spiro atoms. The van der Waals surface area contributed by atoms with Gasteiger partial charge in [-0.2, -0.15) is 0 Å². The topological polar surface area (TPSA) is 68.0 Å². The number of nitrogens with one attached hydrogen (secondary N) is 1. The van der Waals surface area contributed by atoms with E-state index in [2.05, 4.69) is 17.2 Å². The number of nitrogens with two attached hydrogens (primary N) is 1. The van der Waals surface area contributed by atoms with Crippen molar-refractivity contribution in [2.45, 2.75) is 49.2 Å². The van der Waals surface area contributed by atoms with Crippen molar-refractivity contribution < 1.29 is 4.79 Å². The number of fused-ring (bicyclic) bond motifs is 1. The molecule has 0 bridgehead atoms. The fourth-order valence-electron chi connectivity index (χ4n) is 1.70. The fraction of sp³-hybridized carbons (Fsp3) is 0.467. The molecule has 1 unspecified atom stereocenters.